The Hall–Kier alpha value is -3.19. The van der Waals surface area contributed by atoms with Gasteiger partial charge in [-0.2, -0.15) is 0 Å². The van der Waals surface area contributed by atoms with Gasteiger partial charge >= 0.3 is 0 Å². The van der Waals surface area contributed by atoms with Gasteiger partial charge in [-0.15, -0.1) is 0 Å². The van der Waals surface area contributed by atoms with Crippen LogP contribution in [0.4, 0.5) is 5.69 Å². The number of benzene rings is 2. The van der Waals surface area contributed by atoms with Gasteiger partial charge in [0.1, 0.15) is 0 Å². The SMILES string of the molecule is COc1c(-c2ccc(N(C)CCCCN(C)C34CC5CC(CC(C5)C3)C4)cc2)oc2c(OC)c(O)ccc2c1=O. The first kappa shape index (κ1) is 27.0. The molecule has 0 radical (unpaired) electrons. The summed E-state index contributed by atoms with van der Waals surface area (Å²) >= 11 is 0. The lowest BCUT2D eigenvalue weighted by Crippen LogP contribution is -2.58. The molecule has 4 fully saturated rings. The molecule has 7 rings (SSSR count). The molecule has 4 bridgehead atoms. The number of phenolic OH excluding ortho intramolecular Hbond substituents is 1. The van der Waals surface area contributed by atoms with Gasteiger partial charge in [0.25, 0.3) is 0 Å². The smallest absolute Gasteiger partial charge is 0.235 e. The van der Waals surface area contributed by atoms with Crippen molar-refractivity contribution in [2.24, 2.45) is 17.8 Å². The number of aromatic hydroxyl groups is 1. The van der Waals surface area contributed by atoms with Crippen molar-refractivity contribution in [1.29, 1.82) is 0 Å². The van der Waals surface area contributed by atoms with Crippen molar-refractivity contribution in [1.82, 2.24) is 4.90 Å². The van der Waals surface area contributed by atoms with E-state index in [0.29, 0.717) is 16.7 Å². The normalized spacial score (nSPS) is 25.1. The van der Waals surface area contributed by atoms with Crippen LogP contribution in [0.3, 0.4) is 0 Å². The second kappa shape index (κ2) is 10.7. The van der Waals surface area contributed by atoms with Crippen molar-refractivity contribution in [3.05, 3.63) is 46.6 Å². The second-order valence-electron chi connectivity index (χ2n) is 12.5. The molecule has 7 heteroatoms. The fraction of sp³-hybridized carbons (Fsp3) is 0.545. The zero-order valence-corrected chi connectivity index (χ0v) is 24.2. The zero-order valence-electron chi connectivity index (χ0n) is 24.2. The van der Waals surface area contributed by atoms with Crippen LogP contribution >= 0.6 is 0 Å². The highest BCUT2D eigenvalue weighted by molar-refractivity contribution is 5.88. The van der Waals surface area contributed by atoms with Crippen molar-refractivity contribution in [3.63, 3.8) is 0 Å². The molecule has 2 aromatic carbocycles. The largest absolute Gasteiger partial charge is 0.504 e. The van der Waals surface area contributed by atoms with Crippen molar-refractivity contribution >= 4 is 16.7 Å². The number of unbranched alkanes of at least 4 members (excludes halogenated alkanes) is 1. The number of hydrogen-bond donors (Lipinski definition) is 1. The molecule has 4 aliphatic carbocycles. The first-order valence-electron chi connectivity index (χ1n) is 14.8. The molecule has 0 spiro atoms. The van der Waals surface area contributed by atoms with Crippen molar-refractivity contribution in [2.45, 2.75) is 56.9 Å². The maximum absolute atomic E-state index is 13.1. The molecule has 214 valence electrons. The van der Waals surface area contributed by atoms with Crippen LogP contribution in [0.5, 0.6) is 17.2 Å². The summed E-state index contributed by atoms with van der Waals surface area (Å²) in [4.78, 5) is 18.2. The Kier molecular flexibility index (Phi) is 7.19. The van der Waals surface area contributed by atoms with E-state index in [0.717, 1.165) is 42.0 Å². The maximum atomic E-state index is 13.1. The number of ether oxygens (including phenoxy) is 2. The van der Waals surface area contributed by atoms with E-state index in [1.54, 1.807) is 0 Å². The van der Waals surface area contributed by atoms with Crippen molar-refractivity contribution in [2.75, 3.05) is 46.3 Å². The average Bonchev–Trinajstić information content (AvgIpc) is 2.94. The standard InChI is InChI=1S/C33H42N2O5/c1-34(13-5-6-14-35(2)33-18-21-15-22(19-33)17-23(16-21)20-33)25-9-7-24(8-10-25)29-32(39-4)28(37)26-11-12-27(36)31(38-3)30(26)40-29/h7-12,21-23,36H,5-6,13-20H2,1-4H3. The molecule has 0 aliphatic heterocycles. The monoisotopic (exact) mass is 546 g/mol. The molecule has 1 aromatic heterocycles. The minimum absolute atomic E-state index is 0.0876. The van der Waals surface area contributed by atoms with Crippen LogP contribution in [0.1, 0.15) is 51.4 Å². The number of nitrogens with zero attached hydrogens (tertiary/aromatic N) is 2. The molecule has 7 nitrogen and oxygen atoms in total. The van der Waals surface area contributed by atoms with Gasteiger partial charge in [0, 0.05) is 30.4 Å². The van der Waals surface area contributed by atoms with E-state index in [4.69, 9.17) is 13.9 Å². The maximum Gasteiger partial charge on any atom is 0.235 e. The van der Waals surface area contributed by atoms with E-state index in [-0.39, 0.29) is 28.3 Å². The Morgan fingerprint density at radius 2 is 1.48 bits per heavy atom. The van der Waals surface area contributed by atoms with Gasteiger partial charge in [-0.3, -0.25) is 4.79 Å². The van der Waals surface area contributed by atoms with E-state index in [2.05, 4.69) is 23.9 Å². The van der Waals surface area contributed by atoms with Gasteiger partial charge in [0.15, 0.2) is 17.1 Å². The van der Waals surface area contributed by atoms with Crippen LogP contribution < -0.4 is 19.8 Å². The first-order chi connectivity index (χ1) is 19.3. The number of rotatable bonds is 10. The van der Waals surface area contributed by atoms with Crippen LogP contribution in [0.15, 0.2) is 45.6 Å². The minimum atomic E-state index is -0.309. The van der Waals surface area contributed by atoms with Crippen LogP contribution in [0, 0.1) is 17.8 Å². The quantitative estimate of drug-likeness (QED) is 0.299. The summed E-state index contributed by atoms with van der Waals surface area (Å²) in [6, 6.07) is 10.9. The third kappa shape index (κ3) is 4.72. The topological polar surface area (TPSA) is 75.4 Å². The number of hydrogen-bond acceptors (Lipinski definition) is 7. The van der Waals surface area contributed by atoms with Crippen LogP contribution in [-0.2, 0) is 0 Å². The Labute approximate surface area is 236 Å². The predicted molar refractivity (Wildman–Crippen MR) is 159 cm³/mol. The van der Waals surface area contributed by atoms with Crippen LogP contribution in [-0.4, -0.2) is 56.9 Å². The van der Waals surface area contributed by atoms with E-state index in [1.807, 2.05) is 24.3 Å². The highest BCUT2D eigenvalue weighted by atomic mass is 16.5. The summed E-state index contributed by atoms with van der Waals surface area (Å²) in [5.41, 5.74) is 2.20. The number of fused-ring (bicyclic) bond motifs is 1. The molecule has 0 atom stereocenters. The van der Waals surface area contributed by atoms with E-state index in [1.165, 1.54) is 77.8 Å². The van der Waals surface area contributed by atoms with Gasteiger partial charge in [0.2, 0.25) is 16.9 Å². The van der Waals surface area contributed by atoms with E-state index in [9.17, 15) is 9.90 Å². The summed E-state index contributed by atoms with van der Waals surface area (Å²) in [7, 11) is 7.40. The van der Waals surface area contributed by atoms with Gasteiger partial charge in [-0.05, 0) is 119 Å². The van der Waals surface area contributed by atoms with Crippen molar-refractivity contribution in [3.8, 4) is 28.6 Å². The molecule has 1 heterocycles. The van der Waals surface area contributed by atoms with Gasteiger partial charge in [-0.1, -0.05) is 0 Å². The zero-order chi connectivity index (χ0) is 28.0. The van der Waals surface area contributed by atoms with Gasteiger partial charge in [-0.25, -0.2) is 0 Å². The van der Waals surface area contributed by atoms with Gasteiger partial charge in [0.05, 0.1) is 19.6 Å². The van der Waals surface area contributed by atoms with Gasteiger partial charge < -0.3 is 28.8 Å². The Bertz CT molecular complexity index is 1390. The number of phenols is 1. The molecule has 4 saturated carbocycles. The molecule has 0 amide bonds. The lowest BCUT2D eigenvalue weighted by molar-refractivity contribution is -0.0792. The third-order valence-electron chi connectivity index (χ3n) is 9.98. The summed E-state index contributed by atoms with van der Waals surface area (Å²) in [6.45, 7) is 2.16. The average molecular weight is 547 g/mol. The fourth-order valence-corrected chi connectivity index (χ4v) is 8.24. The molecule has 4 aliphatic rings. The lowest BCUT2D eigenvalue weighted by Gasteiger charge is -2.60. The summed E-state index contributed by atoms with van der Waals surface area (Å²) in [5, 5.41) is 10.5. The summed E-state index contributed by atoms with van der Waals surface area (Å²) in [6.07, 6.45) is 11.1. The Morgan fingerprint density at radius 1 is 0.875 bits per heavy atom. The predicted octanol–water partition coefficient (Wildman–Crippen LogP) is 6.30. The first-order valence-corrected chi connectivity index (χ1v) is 14.8. The van der Waals surface area contributed by atoms with E-state index < -0.39 is 0 Å². The summed E-state index contributed by atoms with van der Waals surface area (Å²) in [5.74, 6) is 3.44. The number of methoxy groups -OCH3 is 2. The molecular weight excluding hydrogens is 504 g/mol. The highest BCUT2D eigenvalue weighted by Crippen LogP contribution is 2.57. The third-order valence-corrected chi connectivity index (χ3v) is 9.98. The number of anilines is 1. The Balaban J connectivity index is 1.10. The second-order valence-corrected chi connectivity index (χ2v) is 12.5. The lowest BCUT2D eigenvalue weighted by atomic mass is 9.52. The molecule has 1 N–H and O–H groups in total. The van der Waals surface area contributed by atoms with E-state index >= 15 is 0 Å². The molecule has 0 unspecified atom stereocenters. The molecule has 40 heavy (non-hydrogen) atoms. The van der Waals surface area contributed by atoms with Crippen molar-refractivity contribution < 1.29 is 19.0 Å². The highest BCUT2D eigenvalue weighted by Gasteiger charge is 2.52. The molecule has 3 aromatic rings. The van der Waals surface area contributed by atoms with Crippen LogP contribution in [0.25, 0.3) is 22.3 Å². The van der Waals surface area contributed by atoms with Crippen LogP contribution in [0.2, 0.25) is 0 Å². The molecule has 0 saturated heterocycles. The summed E-state index contributed by atoms with van der Waals surface area (Å²) < 4.78 is 16.9. The Morgan fingerprint density at radius 3 is 2.08 bits per heavy atom. The molecular formula is C33H42N2O5. The minimum Gasteiger partial charge on any atom is -0.504 e. The fourth-order valence-electron chi connectivity index (χ4n) is 8.24.